The van der Waals surface area contributed by atoms with Crippen LogP contribution in [0.15, 0.2) is 60.8 Å². The molecule has 1 unspecified atom stereocenters. The first-order chi connectivity index (χ1) is 11.7. The molecule has 1 aliphatic heterocycles. The fourth-order valence-corrected chi connectivity index (χ4v) is 3.48. The minimum Gasteiger partial charge on any atom is -0.350 e. The predicted molar refractivity (Wildman–Crippen MR) is 92.5 cm³/mol. The topological polar surface area (TPSA) is 34.0 Å². The molecule has 0 aliphatic carbocycles. The molecule has 1 fully saturated rings. The van der Waals surface area contributed by atoms with Crippen LogP contribution in [0.3, 0.4) is 0 Å². The van der Waals surface area contributed by atoms with E-state index in [-0.39, 0.29) is 5.91 Å². The van der Waals surface area contributed by atoms with Gasteiger partial charge in [-0.1, -0.05) is 48.5 Å². The van der Waals surface area contributed by atoms with Crippen molar-refractivity contribution in [2.75, 3.05) is 0 Å². The van der Waals surface area contributed by atoms with Gasteiger partial charge in [0.1, 0.15) is 6.17 Å². The third-order valence-electron chi connectivity index (χ3n) is 4.69. The minimum absolute atomic E-state index is 0.0596. The van der Waals surface area contributed by atoms with E-state index in [4.69, 9.17) is 0 Å². The standard InChI is InChI=1S/C20H19FN2O/c21-20(17-10-11-19(24)22-17)16-13-23(12-14-6-2-1-3-7-14)18-9-5-4-8-15(16)18/h1-9,13,17,20H,10-12H2,(H,22,24)/t17?,20-/m0/s1. The van der Waals surface area contributed by atoms with E-state index >= 15 is 4.39 Å². The number of para-hydroxylation sites is 1. The molecule has 3 nitrogen and oxygen atoms in total. The zero-order chi connectivity index (χ0) is 16.5. The number of rotatable bonds is 4. The lowest BCUT2D eigenvalue weighted by Gasteiger charge is -2.15. The number of amides is 1. The van der Waals surface area contributed by atoms with Gasteiger partial charge in [-0.25, -0.2) is 4.39 Å². The van der Waals surface area contributed by atoms with Gasteiger partial charge in [-0.3, -0.25) is 4.79 Å². The number of carbonyl (C=O) groups excluding carboxylic acids is 1. The van der Waals surface area contributed by atoms with Crippen molar-refractivity contribution in [3.8, 4) is 0 Å². The Morgan fingerprint density at radius 1 is 1.12 bits per heavy atom. The van der Waals surface area contributed by atoms with Crippen LogP contribution >= 0.6 is 0 Å². The molecule has 122 valence electrons. The van der Waals surface area contributed by atoms with Crippen LogP contribution < -0.4 is 5.32 Å². The number of hydrogen-bond donors (Lipinski definition) is 1. The maximum atomic E-state index is 15.1. The van der Waals surface area contributed by atoms with Gasteiger partial charge in [0.05, 0.1) is 6.04 Å². The predicted octanol–water partition coefficient (Wildman–Crippen LogP) is 3.98. The number of halogens is 1. The molecule has 2 aromatic carbocycles. The molecule has 2 atom stereocenters. The van der Waals surface area contributed by atoms with Crippen LogP contribution in [0.2, 0.25) is 0 Å². The van der Waals surface area contributed by atoms with E-state index in [1.54, 1.807) is 0 Å². The van der Waals surface area contributed by atoms with Gasteiger partial charge in [0, 0.05) is 35.6 Å². The van der Waals surface area contributed by atoms with Crippen molar-refractivity contribution in [2.45, 2.75) is 31.6 Å². The van der Waals surface area contributed by atoms with Gasteiger partial charge in [-0.15, -0.1) is 0 Å². The maximum absolute atomic E-state index is 15.1. The second kappa shape index (κ2) is 6.11. The number of hydrogen-bond acceptors (Lipinski definition) is 1. The van der Waals surface area contributed by atoms with Gasteiger partial charge in [0.25, 0.3) is 0 Å². The minimum atomic E-state index is -1.18. The van der Waals surface area contributed by atoms with E-state index in [0.717, 1.165) is 10.9 Å². The molecular formula is C20H19FN2O. The molecule has 1 aromatic heterocycles. The number of alkyl halides is 1. The average molecular weight is 322 g/mol. The van der Waals surface area contributed by atoms with Crippen LogP contribution in [0.4, 0.5) is 4.39 Å². The molecule has 0 spiro atoms. The summed E-state index contributed by atoms with van der Waals surface area (Å²) in [4.78, 5) is 11.4. The van der Waals surface area contributed by atoms with E-state index in [1.807, 2.05) is 48.7 Å². The van der Waals surface area contributed by atoms with Crippen molar-refractivity contribution in [3.05, 3.63) is 71.9 Å². The van der Waals surface area contributed by atoms with E-state index in [9.17, 15) is 4.79 Å². The summed E-state index contributed by atoms with van der Waals surface area (Å²) in [7, 11) is 0. The van der Waals surface area contributed by atoms with Crippen molar-refractivity contribution in [2.24, 2.45) is 0 Å². The SMILES string of the molecule is O=C1CCC([C@@H](F)c2cn(Cc3ccccc3)c3ccccc23)N1. The lowest BCUT2D eigenvalue weighted by Crippen LogP contribution is -2.29. The molecule has 1 aliphatic rings. The van der Waals surface area contributed by atoms with Crippen LogP contribution in [-0.2, 0) is 11.3 Å². The van der Waals surface area contributed by atoms with Crippen molar-refractivity contribution in [1.82, 2.24) is 9.88 Å². The average Bonchev–Trinajstić information content (AvgIpc) is 3.20. The van der Waals surface area contributed by atoms with Gasteiger partial charge in [0.2, 0.25) is 5.91 Å². The summed E-state index contributed by atoms with van der Waals surface area (Å²) in [6.45, 7) is 0.700. The zero-order valence-electron chi connectivity index (χ0n) is 13.3. The Labute approximate surface area is 140 Å². The van der Waals surface area contributed by atoms with E-state index < -0.39 is 12.2 Å². The first kappa shape index (κ1) is 14.9. The Hall–Kier alpha value is -2.62. The second-order valence-corrected chi connectivity index (χ2v) is 6.33. The lowest BCUT2D eigenvalue weighted by molar-refractivity contribution is -0.119. The maximum Gasteiger partial charge on any atom is 0.220 e. The van der Waals surface area contributed by atoms with Crippen LogP contribution in [0.25, 0.3) is 10.9 Å². The monoisotopic (exact) mass is 322 g/mol. The molecule has 1 saturated heterocycles. The molecular weight excluding hydrogens is 303 g/mol. The summed E-state index contributed by atoms with van der Waals surface area (Å²) in [6.07, 6.45) is 1.68. The Morgan fingerprint density at radius 2 is 1.88 bits per heavy atom. The highest BCUT2D eigenvalue weighted by Gasteiger charge is 2.31. The number of carbonyl (C=O) groups is 1. The van der Waals surface area contributed by atoms with Crippen molar-refractivity contribution in [1.29, 1.82) is 0 Å². The first-order valence-electron chi connectivity index (χ1n) is 8.27. The van der Waals surface area contributed by atoms with Crippen molar-refractivity contribution < 1.29 is 9.18 Å². The number of nitrogens with one attached hydrogen (secondary N) is 1. The fourth-order valence-electron chi connectivity index (χ4n) is 3.48. The lowest BCUT2D eigenvalue weighted by atomic mass is 10.0. The third-order valence-corrected chi connectivity index (χ3v) is 4.69. The molecule has 4 heteroatoms. The zero-order valence-corrected chi connectivity index (χ0v) is 13.3. The van der Waals surface area contributed by atoms with E-state index in [1.165, 1.54) is 5.56 Å². The van der Waals surface area contributed by atoms with E-state index in [0.29, 0.717) is 24.9 Å². The Kier molecular flexibility index (Phi) is 3.81. The summed E-state index contributed by atoms with van der Waals surface area (Å²) in [5.41, 5.74) is 2.85. The molecule has 0 radical (unpaired) electrons. The van der Waals surface area contributed by atoms with Crippen LogP contribution in [0.5, 0.6) is 0 Å². The molecule has 4 rings (SSSR count). The van der Waals surface area contributed by atoms with Crippen molar-refractivity contribution in [3.63, 3.8) is 0 Å². The first-order valence-corrected chi connectivity index (χ1v) is 8.27. The third kappa shape index (κ3) is 2.68. The highest BCUT2D eigenvalue weighted by atomic mass is 19.1. The van der Waals surface area contributed by atoms with Crippen LogP contribution in [0.1, 0.15) is 30.1 Å². The Balaban J connectivity index is 1.72. The molecule has 24 heavy (non-hydrogen) atoms. The van der Waals surface area contributed by atoms with Crippen LogP contribution in [0, 0.1) is 0 Å². The summed E-state index contributed by atoms with van der Waals surface area (Å²) < 4.78 is 17.2. The summed E-state index contributed by atoms with van der Waals surface area (Å²) in [5.74, 6) is -0.0596. The number of aromatic nitrogens is 1. The Morgan fingerprint density at radius 3 is 2.62 bits per heavy atom. The summed E-state index contributed by atoms with van der Waals surface area (Å²) >= 11 is 0. The molecule has 1 amide bonds. The summed E-state index contributed by atoms with van der Waals surface area (Å²) in [6, 6.07) is 17.6. The number of nitrogens with zero attached hydrogens (tertiary/aromatic N) is 1. The highest BCUT2D eigenvalue weighted by molar-refractivity contribution is 5.85. The Bertz CT molecular complexity index is 872. The number of fused-ring (bicyclic) bond motifs is 1. The second-order valence-electron chi connectivity index (χ2n) is 6.33. The number of benzene rings is 2. The summed E-state index contributed by atoms with van der Waals surface area (Å²) in [5, 5.41) is 3.67. The van der Waals surface area contributed by atoms with Gasteiger partial charge in [-0.05, 0) is 18.1 Å². The largest absolute Gasteiger partial charge is 0.350 e. The van der Waals surface area contributed by atoms with Gasteiger partial charge in [-0.2, -0.15) is 0 Å². The smallest absolute Gasteiger partial charge is 0.220 e. The quantitative estimate of drug-likeness (QED) is 0.774. The molecule has 2 heterocycles. The highest BCUT2D eigenvalue weighted by Crippen LogP contribution is 2.34. The van der Waals surface area contributed by atoms with Crippen LogP contribution in [-0.4, -0.2) is 16.5 Å². The van der Waals surface area contributed by atoms with Gasteiger partial charge < -0.3 is 9.88 Å². The molecule has 1 N–H and O–H groups in total. The van der Waals surface area contributed by atoms with E-state index in [2.05, 4.69) is 22.0 Å². The molecule has 0 saturated carbocycles. The van der Waals surface area contributed by atoms with Crippen molar-refractivity contribution >= 4 is 16.8 Å². The normalized spacial score (nSPS) is 18.7. The van der Waals surface area contributed by atoms with Gasteiger partial charge >= 0.3 is 0 Å². The molecule has 0 bridgehead atoms. The van der Waals surface area contributed by atoms with Gasteiger partial charge in [0.15, 0.2) is 0 Å². The fraction of sp³-hybridized carbons (Fsp3) is 0.250. The molecule has 3 aromatic rings.